The lowest BCUT2D eigenvalue weighted by Gasteiger charge is -1.98. The molecular formula is C8H10N4. The van der Waals surface area contributed by atoms with Crippen molar-refractivity contribution in [3.05, 3.63) is 18.1 Å². The molecule has 2 rings (SSSR count). The smallest absolute Gasteiger partial charge is 0.149 e. The van der Waals surface area contributed by atoms with Crippen LogP contribution in [0.2, 0.25) is 0 Å². The van der Waals surface area contributed by atoms with Crippen molar-refractivity contribution in [2.24, 2.45) is 7.05 Å². The molecule has 0 amide bonds. The minimum atomic E-state index is 0.538. The lowest BCUT2D eigenvalue weighted by molar-refractivity contribution is 0.885. The molecular weight excluding hydrogens is 152 g/mol. The van der Waals surface area contributed by atoms with Gasteiger partial charge in [0.15, 0.2) is 0 Å². The van der Waals surface area contributed by atoms with Crippen molar-refractivity contribution in [3.8, 4) is 0 Å². The van der Waals surface area contributed by atoms with Gasteiger partial charge in [0.05, 0.1) is 5.52 Å². The van der Waals surface area contributed by atoms with E-state index in [-0.39, 0.29) is 0 Å². The van der Waals surface area contributed by atoms with Crippen LogP contribution in [0.3, 0.4) is 0 Å². The number of nitrogens with zero attached hydrogens (tertiary/aromatic N) is 3. The third-order valence-corrected chi connectivity index (χ3v) is 2.03. The maximum absolute atomic E-state index is 5.70. The van der Waals surface area contributed by atoms with Gasteiger partial charge in [0.2, 0.25) is 0 Å². The van der Waals surface area contributed by atoms with Crippen LogP contribution in [0.4, 0.5) is 5.82 Å². The Morgan fingerprint density at radius 2 is 2.25 bits per heavy atom. The molecule has 2 aromatic heterocycles. The van der Waals surface area contributed by atoms with E-state index in [4.69, 9.17) is 5.73 Å². The van der Waals surface area contributed by atoms with Crippen LogP contribution in [0, 0.1) is 6.92 Å². The highest BCUT2D eigenvalue weighted by atomic mass is 15.1. The first kappa shape index (κ1) is 7.09. The van der Waals surface area contributed by atoms with Crippen molar-refractivity contribution >= 4 is 16.9 Å². The summed E-state index contributed by atoms with van der Waals surface area (Å²) in [4.78, 5) is 8.31. The minimum Gasteiger partial charge on any atom is -0.382 e. The van der Waals surface area contributed by atoms with Gasteiger partial charge in [-0.1, -0.05) is 0 Å². The highest BCUT2D eigenvalue weighted by Gasteiger charge is 2.06. The summed E-state index contributed by atoms with van der Waals surface area (Å²) in [6.07, 6.45) is 1.67. The summed E-state index contributed by atoms with van der Waals surface area (Å²) in [6, 6.07) is 1.86. The number of anilines is 1. The zero-order valence-corrected chi connectivity index (χ0v) is 7.07. The molecule has 2 aromatic rings. The van der Waals surface area contributed by atoms with E-state index in [0.717, 1.165) is 16.9 Å². The zero-order valence-electron chi connectivity index (χ0n) is 7.07. The topological polar surface area (TPSA) is 56.7 Å². The predicted octanol–water partition coefficient (Wildman–Crippen LogP) is 0.859. The van der Waals surface area contributed by atoms with Gasteiger partial charge in [0.1, 0.15) is 17.2 Å². The first-order valence-electron chi connectivity index (χ1n) is 3.73. The Kier molecular flexibility index (Phi) is 1.30. The van der Waals surface area contributed by atoms with Crippen LogP contribution < -0.4 is 5.73 Å². The van der Waals surface area contributed by atoms with Crippen molar-refractivity contribution in [3.63, 3.8) is 0 Å². The van der Waals surface area contributed by atoms with E-state index >= 15 is 0 Å². The Bertz CT molecular complexity index is 430. The number of hydrogen-bond donors (Lipinski definition) is 1. The number of nitrogen functional groups attached to an aromatic ring is 1. The van der Waals surface area contributed by atoms with Gasteiger partial charge in [-0.25, -0.2) is 9.97 Å². The summed E-state index contributed by atoms with van der Waals surface area (Å²) < 4.78 is 1.94. The number of aryl methyl sites for hydroxylation is 2. The highest BCUT2D eigenvalue weighted by Crippen LogP contribution is 2.17. The average molecular weight is 162 g/mol. The van der Waals surface area contributed by atoms with E-state index in [9.17, 15) is 0 Å². The molecule has 4 heteroatoms. The van der Waals surface area contributed by atoms with Crippen LogP contribution in [-0.2, 0) is 7.05 Å². The van der Waals surface area contributed by atoms with Crippen LogP contribution >= 0.6 is 0 Å². The fraction of sp³-hybridized carbons (Fsp3) is 0.250. The fourth-order valence-electron chi connectivity index (χ4n) is 1.30. The third kappa shape index (κ3) is 0.777. The van der Waals surface area contributed by atoms with E-state index in [1.165, 1.54) is 0 Å². The number of nitrogens with two attached hydrogens (primary N) is 1. The Morgan fingerprint density at radius 3 is 2.92 bits per heavy atom. The Morgan fingerprint density at radius 1 is 1.50 bits per heavy atom. The van der Waals surface area contributed by atoms with Crippen LogP contribution in [0.1, 0.15) is 5.82 Å². The van der Waals surface area contributed by atoms with Crippen LogP contribution in [0.5, 0.6) is 0 Å². The van der Waals surface area contributed by atoms with Gasteiger partial charge >= 0.3 is 0 Å². The molecule has 0 bridgehead atoms. The third-order valence-electron chi connectivity index (χ3n) is 2.03. The number of fused-ring (bicyclic) bond motifs is 1. The van der Waals surface area contributed by atoms with Crippen molar-refractivity contribution in [1.29, 1.82) is 0 Å². The molecule has 0 aliphatic carbocycles. The second kappa shape index (κ2) is 2.20. The van der Waals surface area contributed by atoms with E-state index < -0.39 is 0 Å². The summed E-state index contributed by atoms with van der Waals surface area (Å²) in [7, 11) is 1.93. The number of pyridine rings is 1. The molecule has 12 heavy (non-hydrogen) atoms. The molecule has 62 valence electrons. The van der Waals surface area contributed by atoms with Crippen LogP contribution in [0.15, 0.2) is 12.3 Å². The molecule has 0 aliphatic rings. The standard InChI is InChI=1S/C8H10N4/c1-5-11-6-3-4-10-8(9)7(6)12(5)2/h3-4H,1-2H3,(H2,9,10). The molecule has 0 atom stereocenters. The van der Waals surface area contributed by atoms with Gasteiger partial charge < -0.3 is 10.3 Å². The minimum absolute atomic E-state index is 0.538. The van der Waals surface area contributed by atoms with E-state index in [2.05, 4.69) is 9.97 Å². The largest absolute Gasteiger partial charge is 0.382 e. The molecule has 0 saturated carbocycles. The second-order valence-corrected chi connectivity index (χ2v) is 2.78. The van der Waals surface area contributed by atoms with Crippen molar-refractivity contribution in [1.82, 2.24) is 14.5 Å². The number of rotatable bonds is 0. The van der Waals surface area contributed by atoms with Gasteiger partial charge in [-0.15, -0.1) is 0 Å². The van der Waals surface area contributed by atoms with E-state index in [0.29, 0.717) is 5.82 Å². The van der Waals surface area contributed by atoms with Gasteiger partial charge in [-0.3, -0.25) is 0 Å². The molecule has 0 radical (unpaired) electrons. The van der Waals surface area contributed by atoms with E-state index in [1.54, 1.807) is 6.20 Å². The van der Waals surface area contributed by atoms with Gasteiger partial charge in [0.25, 0.3) is 0 Å². The first-order valence-corrected chi connectivity index (χ1v) is 3.73. The molecule has 2 heterocycles. The lowest BCUT2D eigenvalue weighted by Crippen LogP contribution is -1.96. The second-order valence-electron chi connectivity index (χ2n) is 2.78. The molecule has 4 nitrogen and oxygen atoms in total. The fourth-order valence-corrected chi connectivity index (χ4v) is 1.30. The number of hydrogen-bond acceptors (Lipinski definition) is 3. The van der Waals surface area contributed by atoms with Gasteiger partial charge in [-0.2, -0.15) is 0 Å². The predicted molar refractivity (Wildman–Crippen MR) is 47.7 cm³/mol. The summed E-state index contributed by atoms with van der Waals surface area (Å²) in [5, 5.41) is 0. The molecule has 0 fully saturated rings. The normalized spacial score (nSPS) is 10.8. The lowest BCUT2D eigenvalue weighted by atomic mass is 10.4. The zero-order chi connectivity index (χ0) is 8.72. The molecule has 0 aromatic carbocycles. The van der Waals surface area contributed by atoms with Crippen molar-refractivity contribution in [2.45, 2.75) is 6.92 Å². The summed E-state index contributed by atoms with van der Waals surface area (Å²) >= 11 is 0. The van der Waals surface area contributed by atoms with E-state index in [1.807, 2.05) is 24.6 Å². The molecule has 0 saturated heterocycles. The Labute approximate surface area is 70.0 Å². The highest BCUT2D eigenvalue weighted by molar-refractivity contribution is 5.85. The summed E-state index contributed by atoms with van der Waals surface area (Å²) in [5.74, 6) is 1.49. The van der Waals surface area contributed by atoms with Crippen LogP contribution in [-0.4, -0.2) is 14.5 Å². The molecule has 0 aliphatic heterocycles. The maximum Gasteiger partial charge on any atom is 0.149 e. The molecule has 0 spiro atoms. The summed E-state index contributed by atoms with van der Waals surface area (Å²) in [6.45, 7) is 1.94. The van der Waals surface area contributed by atoms with Gasteiger partial charge in [-0.05, 0) is 13.0 Å². The average Bonchev–Trinajstić information content (AvgIpc) is 2.29. The van der Waals surface area contributed by atoms with Crippen LogP contribution in [0.25, 0.3) is 11.0 Å². The maximum atomic E-state index is 5.70. The molecule has 2 N–H and O–H groups in total. The van der Waals surface area contributed by atoms with Gasteiger partial charge in [0, 0.05) is 13.2 Å². The van der Waals surface area contributed by atoms with Crippen molar-refractivity contribution < 1.29 is 0 Å². The number of aromatic nitrogens is 3. The first-order chi connectivity index (χ1) is 5.70. The quantitative estimate of drug-likeness (QED) is 0.625. The molecule has 0 unspecified atom stereocenters. The number of imidazole rings is 1. The Hall–Kier alpha value is -1.58. The Balaban J connectivity index is 2.97. The monoisotopic (exact) mass is 162 g/mol. The summed E-state index contributed by atoms with van der Waals surface area (Å²) in [5.41, 5.74) is 7.52. The van der Waals surface area contributed by atoms with Crippen molar-refractivity contribution in [2.75, 3.05) is 5.73 Å². The SMILES string of the molecule is Cc1nc2ccnc(N)c2n1C.